The number of hydrogen-bond acceptors (Lipinski definition) is 2. The van der Waals surface area contributed by atoms with Crippen molar-refractivity contribution in [3.8, 4) is 0 Å². The third-order valence-corrected chi connectivity index (χ3v) is 4.18. The Morgan fingerprint density at radius 2 is 1.75 bits per heavy atom. The zero-order chi connectivity index (χ0) is 14.1. The van der Waals surface area contributed by atoms with Crippen molar-refractivity contribution in [1.29, 1.82) is 0 Å². The summed E-state index contributed by atoms with van der Waals surface area (Å²) in [5.41, 5.74) is 6.59. The van der Waals surface area contributed by atoms with Crippen molar-refractivity contribution in [2.75, 3.05) is 0 Å². The molecule has 0 spiro atoms. The fourth-order valence-electron chi connectivity index (χ4n) is 2.95. The van der Waals surface area contributed by atoms with Crippen LogP contribution >= 0.6 is 0 Å². The van der Waals surface area contributed by atoms with Crippen LogP contribution in [0.25, 0.3) is 0 Å². The van der Waals surface area contributed by atoms with Crippen LogP contribution in [0.4, 0.5) is 0 Å². The van der Waals surface area contributed by atoms with Crippen molar-refractivity contribution in [3.63, 3.8) is 0 Å². The topological polar surface area (TPSA) is 33.1 Å². The highest BCUT2D eigenvalue weighted by molar-refractivity contribution is 5.37. The van der Waals surface area contributed by atoms with Gasteiger partial charge < -0.3 is 5.11 Å². The largest absolute Gasteiger partial charge is 0.382 e. The predicted octanol–water partition coefficient (Wildman–Crippen LogP) is 3.66. The number of nitrogens with zero attached hydrogens (tertiary/aromatic N) is 1. The molecule has 0 unspecified atom stereocenters. The molecule has 0 aliphatic heterocycles. The summed E-state index contributed by atoms with van der Waals surface area (Å²) in [5.74, 6) is 0. The van der Waals surface area contributed by atoms with Gasteiger partial charge in [-0.2, -0.15) is 0 Å². The number of fused-ring (bicyclic) bond motifs is 1. The summed E-state index contributed by atoms with van der Waals surface area (Å²) in [4.78, 5) is 4.76. The molecule has 0 fully saturated rings. The van der Waals surface area contributed by atoms with Crippen molar-refractivity contribution in [1.82, 2.24) is 4.98 Å². The summed E-state index contributed by atoms with van der Waals surface area (Å²) >= 11 is 0. The van der Waals surface area contributed by atoms with Gasteiger partial charge >= 0.3 is 0 Å². The first-order valence-corrected chi connectivity index (χ1v) is 7.39. The highest BCUT2D eigenvalue weighted by Gasteiger charge is 2.19. The van der Waals surface area contributed by atoms with Gasteiger partial charge in [-0.15, -0.1) is 0 Å². The summed E-state index contributed by atoms with van der Waals surface area (Å²) in [7, 11) is 0. The lowest BCUT2D eigenvalue weighted by Crippen LogP contribution is -2.12. The number of aliphatic hydroxyl groups is 1. The molecule has 1 aliphatic carbocycles. The summed E-state index contributed by atoms with van der Waals surface area (Å²) in [6.45, 7) is 4.10. The SMILES string of the molecule is Cc1ccc([C@@H](O)c2nc3c(cc2C)CCCC3)cc1. The van der Waals surface area contributed by atoms with E-state index in [1.807, 2.05) is 24.3 Å². The van der Waals surface area contributed by atoms with E-state index in [0.717, 1.165) is 29.7 Å². The van der Waals surface area contributed by atoms with E-state index in [0.29, 0.717) is 0 Å². The first-order chi connectivity index (χ1) is 9.65. The van der Waals surface area contributed by atoms with E-state index in [1.54, 1.807) is 0 Å². The quantitative estimate of drug-likeness (QED) is 0.900. The highest BCUT2D eigenvalue weighted by Crippen LogP contribution is 2.28. The number of hydrogen-bond donors (Lipinski definition) is 1. The van der Waals surface area contributed by atoms with Crippen molar-refractivity contribution in [2.24, 2.45) is 0 Å². The maximum absolute atomic E-state index is 10.6. The van der Waals surface area contributed by atoms with E-state index in [4.69, 9.17) is 4.98 Å². The normalized spacial score (nSPS) is 15.8. The molecule has 2 nitrogen and oxygen atoms in total. The molecule has 104 valence electrons. The lowest BCUT2D eigenvalue weighted by atomic mass is 9.92. The van der Waals surface area contributed by atoms with Crippen LogP contribution < -0.4 is 0 Å². The van der Waals surface area contributed by atoms with Gasteiger partial charge in [-0.1, -0.05) is 35.9 Å². The van der Waals surface area contributed by atoms with Gasteiger partial charge in [-0.05, 0) is 56.2 Å². The molecule has 0 bridgehead atoms. The Labute approximate surface area is 120 Å². The van der Waals surface area contributed by atoms with Crippen LogP contribution in [0.1, 0.15) is 52.6 Å². The molecule has 20 heavy (non-hydrogen) atoms. The average molecular weight is 267 g/mol. The van der Waals surface area contributed by atoms with Crippen LogP contribution in [0.3, 0.4) is 0 Å². The van der Waals surface area contributed by atoms with Crippen LogP contribution in [0, 0.1) is 13.8 Å². The monoisotopic (exact) mass is 267 g/mol. The first kappa shape index (κ1) is 13.3. The van der Waals surface area contributed by atoms with Crippen molar-refractivity contribution >= 4 is 0 Å². The molecular weight excluding hydrogens is 246 g/mol. The minimum Gasteiger partial charge on any atom is -0.382 e. The molecule has 1 aliphatic rings. The fraction of sp³-hybridized carbons (Fsp3) is 0.389. The maximum Gasteiger partial charge on any atom is 0.121 e. The minimum atomic E-state index is -0.622. The Morgan fingerprint density at radius 3 is 2.50 bits per heavy atom. The lowest BCUT2D eigenvalue weighted by Gasteiger charge is -2.20. The van der Waals surface area contributed by atoms with Crippen LogP contribution in [0.5, 0.6) is 0 Å². The van der Waals surface area contributed by atoms with E-state index >= 15 is 0 Å². The molecule has 2 aromatic rings. The van der Waals surface area contributed by atoms with Gasteiger partial charge in [0, 0.05) is 5.69 Å². The molecule has 3 rings (SSSR count). The summed E-state index contributed by atoms with van der Waals surface area (Å²) in [6, 6.07) is 10.3. The molecule has 1 aromatic heterocycles. The summed E-state index contributed by atoms with van der Waals surface area (Å²) < 4.78 is 0. The standard InChI is InChI=1S/C18H21NO/c1-12-7-9-14(10-8-12)18(20)17-13(2)11-15-5-3-4-6-16(15)19-17/h7-11,18,20H,3-6H2,1-2H3/t18-/m1/s1. The van der Waals surface area contributed by atoms with Gasteiger partial charge in [0.15, 0.2) is 0 Å². The lowest BCUT2D eigenvalue weighted by molar-refractivity contribution is 0.214. The van der Waals surface area contributed by atoms with Gasteiger partial charge in [0.1, 0.15) is 6.10 Å². The second-order valence-corrected chi connectivity index (χ2v) is 5.82. The van der Waals surface area contributed by atoms with E-state index < -0.39 is 6.10 Å². The zero-order valence-electron chi connectivity index (χ0n) is 12.2. The Balaban J connectivity index is 1.98. The number of benzene rings is 1. The van der Waals surface area contributed by atoms with Crippen LogP contribution in [-0.4, -0.2) is 10.1 Å². The van der Waals surface area contributed by atoms with Gasteiger partial charge in [-0.3, -0.25) is 4.98 Å². The van der Waals surface area contributed by atoms with Crippen LogP contribution in [0.15, 0.2) is 30.3 Å². The highest BCUT2D eigenvalue weighted by atomic mass is 16.3. The number of aliphatic hydroxyl groups excluding tert-OH is 1. The Bertz CT molecular complexity index is 616. The van der Waals surface area contributed by atoms with Gasteiger partial charge in [0.2, 0.25) is 0 Å². The van der Waals surface area contributed by atoms with E-state index in [2.05, 4.69) is 19.9 Å². The molecule has 1 heterocycles. The molecule has 2 heteroatoms. The second-order valence-electron chi connectivity index (χ2n) is 5.82. The Morgan fingerprint density at radius 1 is 1.05 bits per heavy atom. The first-order valence-electron chi connectivity index (χ1n) is 7.39. The smallest absolute Gasteiger partial charge is 0.121 e. The zero-order valence-corrected chi connectivity index (χ0v) is 12.2. The van der Waals surface area contributed by atoms with Crippen LogP contribution in [-0.2, 0) is 12.8 Å². The number of aryl methyl sites for hydroxylation is 4. The summed E-state index contributed by atoms with van der Waals surface area (Å²) in [6.07, 6.45) is 4.02. The predicted molar refractivity (Wildman–Crippen MR) is 80.9 cm³/mol. The Hall–Kier alpha value is -1.67. The molecular formula is C18H21NO. The Kier molecular flexibility index (Phi) is 3.58. The molecule has 0 amide bonds. The maximum atomic E-state index is 10.6. The van der Waals surface area contributed by atoms with Crippen molar-refractivity contribution in [3.05, 3.63) is 64.0 Å². The molecule has 0 saturated carbocycles. The number of rotatable bonds is 2. The van der Waals surface area contributed by atoms with E-state index in [9.17, 15) is 5.11 Å². The van der Waals surface area contributed by atoms with Crippen molar-refractivity contribution < 1.29 is 5.11 Å². The summed E-state index contributed by atoms with van der Waals surface area (Å²) in [5, 5.41) is 10.6. The molecule has 1 aromatic carbocycles. The van der Waals surface area contributed by atoms with Crippen LogP contribution in [0.2, 0.25) is 0 Å². The van der Waals surface area contributed by atoms with E-state index in [1.165, 1.54) is 29.7 Å². The number of aromatic nitrogens is 1. The molecule has 0 saturated heterocycles. The third kappa shape index (κ3) is 2.48. The van der Waals surface area contributed by atoms with Gasteiger partial charge in [0.25, 0.3) is 0 Å². The average Bonchev–Trinajstić information content (AvgIpc) is 2.46. The number of pyridine rings is 1. The fourth-order valence-corrected chi connectivity index (χ4v) is 2.95. The van der Waals surface area contributed by atoms with Gasteiger partial charge in [-0.25, -0.2) is 0 Å². The molecule has 1 atom stereocenters. The minimum absolute atomic E-state index is 0.622. The second kappa shape index (κ2) is 5.37. The van der Waals surface area contributed by atoms with E-state index in [-0.39, 0.29) is 0 Å². The third-order valence-electron chi connectivity index (χ3n) is 4.18. The van der Waals surface area contributed by atoms with Gasteiger partial charge in [0.05, 0.1) is 5.69 Å². The molecule has 0 radical (unpaired) electrons. The van der Waals surface area contributed by atoms with Crippen molar-refractivity contribution in [2.45, 2.75) is 45.6 Å². The molecule has 1 N–H and O–H groups in total.